The molecule has 2 aromatic carbocycles. The van der Waals surface area contributed by atoms with E-state index in [0.717, 1.165) is 25.7 Å². The van der Waals surface area contributed by atoms with Crippen LogP contribution in [0.1, 0.15) is 41.6 Å². The lowest BCUT2D eigenvalue weighted by Crippen LogP contribution is -2.34. The Morgan fingerprint density at radius 3 is 2.68 bits per heavy atom. The predicted octanol–water partition coefficient (Wildman–Crippen LogP) is 3.54. The molecule has 0 bridgehead atoms. The van der Waals surface area contributed by atoms with Crippen molar-refractivity contribution in [3.8, 4) is 17.2 Å². The number of nitrogens with one attached hydrogen (secondary N) is 1. The monoisotopic (exact) mass is 383 g/mol. The molecule has 1 fully saturated rings. The van der Waals surface area contributed by atoms with Crippen molar-refractivity contribution in [1.82, 2.24) is 0 Å². The van der Waals surface area contributed by atoms with E-state index in [1.54, 1.807) is 37.3 Å². The van der Waals surface area contributed by atoms with Gasteiger partial charge in [0.25, 0.3) is 11.7 Å². The van der Waals surface area contributed by atoms with Gasteiger partial charge in [-0.25, -0.2) is 4.79 Å². The van der Waals surface area contributed by atoms with Gasteiger partial charge in [0.2, 0.25) is 0 Å². The molecule has 2 aromatic rings. The van der Waals surface area contributed by atoms with E-state index in [-0.39, 0.29) is 11.3 Å². The number of phenols is 1. The Kier molecular flexibility index (Phi) is 4.58. The number of esters is 1. The molecule has 146 valence electrons. The molecule has 1 amide bonds. The average Bonchev–Trinajstić information content (AvgIpc) is 3.27. The first-order valence-electron chi connectivity index (χ1n) is 9.23. The van der Waals surface area contributed by atoms with Crippen LogP contribution in [-0.2, 0) is 9.53 Å². The van der Waals surface area contributed by atoms with Gasteiger partial charge >= 0.3 is 5.97 Å². The maximum Gasteiger partial charge on any atom is 0.342 e. The highest BCUT2D eigenvalue weighted by Gasteiger charge is 2.44. The van der Waals surface area contributed by atoms with E-state index >= 15 is 0 Å². The number of carbonyl (C=O) groups is 2. The van der Waals surface area contributed by atoms with Gasteiger partial charge in [0, 0.05) is 24.6 Å². The van der Waals surface area contributed by atoms with Crippen LogP contribution in [0, 0.1) is 6.92 Å². The summed E-state index contributed by atoms with van der Waals surface area (Å²) in [5.41, 5.74) is 1.11. The van der Waals surface area contributed by atoms with Gasteiger partial charge in [0.1, 0.15) is 11.3 Å². The van der Waals surface area contributed by atoms with Gasteiger partial charge in [0.05, 0.1) is 0 Å². The maximum atomic E-state index is 12.1. The first-order chi connectivity index (χ1) is 13.5. The summed E-state index contributed by atoms with van der Waals surface area (Å²) in [7, 11) is 0. The number of hydrogen-bond acceptors (Lipinski definition) is 6. The molecule has 0 saturated heterocycles. The van der Waals surface area contributed by atoms with Gasteiger partial charge < -0.3 is 24.6 Å². The zero-order valence-corrected chi connectivity index (χ0v) is 15.5. The lowest BCUT2D eigenvalue weighted by Gasteiger charge is -2.21. The smallest absolute Gasteiger partial charge is 0.342 e. The van der Waals surface area contributed by atoms with Crippen LogP contribution in [0.5, 0.6) is 17.2 Å². The fourth-order valence-electron chi connectivity index (χ4n) is 3.52. The van der Waals surface area contributed by atoms with Crippen molar-refractivity contribution < 1.29 is 28.9 Å². The van der Waals surface area contributed by atoms with Crippen LogP contribution in [-0.4, -0.2) is 29.4 Å². The Bertz CT molecular complexity index is 932. The highest BCUT2D eigenvalue weighted by Crippen LogP contribution is 2.47. The first kappa shape index (κ1) is 18.2. The third-order valence-electron chi connectivity index (χ3n) is 4.98. The summed E-state index contributed by atoms with van der Waals surface area (Å²) in [6.07, 6.45) is 3.84. The van der Waals surface area contributed by atoms with Crippen molar-refractivity contribution in [3.63, 3.8) is 0 Å². The molecular weight excluding hydrogens is 362 g/mol. The number of amides is 1. The number of fused-ring (bicyclic) bond motifs is 1. The van der Waals surface area contributed by atoms with E-state index in [9.17, 15) is 14.7 Å². The van der Waals surface area contributed by atoms with Crippen molar-refractivity contribution in [2.24, 2.45) is 0 Å². The third-order valence-corrected chi connectivity index (χ3v) is 4.98. The summed E-state index contributed by atoms with van der Waals surface area (Å²) in [6, 6.07) is 9.93. The number of rotatable bonds is 4. The molecular formula is C21H21NO6. The number of phenolic OH excluding ortho intramolecular Hbond substituents is 1. The number of carbonyl (C=O) groups excluding carboxylic acids is 2. The molecule has 0 atom stereocenters. The highest BCUT2D eigenvalue weighted by atomic mass is 16.7. The van der Waals surface area contributed by atoms with Crippen molar-refractivity contribution in [2.75, 3.05) is 11.9 Å². The summed E-state index contributed by atoms with van der Waals surface area (Å²) >= 11 is 0. The molecule has 7 heteroatoms. The maximum absolute atomic E-state index is 12.1. The number of hydrogen-bond donors (Lipinski definition) is 2. The Hall–Kier alpha value is -3.22. The minimum absolute atomic E-state index is 0.0257. The second-order valence-electron chi connectivity index (χ2n) is 7.08. The molecule has 28 heavy (non-hydrogen) atoms. The molecule has 1 heterocycles. The minimum Gasteiger partial charge on any atom is -0.507 e. The second kappa shape index (κ2) is 7.07. The highest BCUT2D eigenvalue weighted by molar-refractivity contribution is 5.97. The summed E-state index contributed by atoms with van der Waals surface area (Å²) in [6.45, 7) is 1.21. The van der Waals surface area contributed by atoms with E-state index in [1.807, 2.05) is 0 Å². The quantitative estimate of drug-likeness (QED) is 0.785. The Morgan fingerprint density at radius 2 is 1.89 bits per heavy atom. The van der Waals surface area contributed by atoms with Crippen LogP contribution >= 0.6 is 0 Å². The van der Waals surface area contributed by atoms with Crippen LogP contribution in [0.2, 0.25) is 0 Å². The standard InChI is InChI=1S/C21H21NO6/c1-13-5-4-6-15(19(13)24)20(25)26-12-18(23)22-14-7-8-16-17(11-14)28-21(27-16)9-2-3-10-21/h4-8,11,24H,2-3,9-10,12H2,1H3,(H,22,23). The van der Waals surface area contributed by atoms with E-state index in [4.69, 9.17) is 14.2 Å². The molecule has 4 rings (SSSR count). The summed E-state index contributed by atoms with van der Waals surface area (Å²) in [5, 5.41) is 12.6. The zero-order valence-electron chi connectivity index (χ0n) is 15.5. The molecule has 0 unspecified atom stereocenters. The van der Waals surface area contributed by atoms with Gasteiger partial charge in [-0.05, 0) is 43.5 Å². The summed E-state index contributed by atoms with van der Waals surface area (Å²) in [4.78, 5) is 24.2. The SMILES string of the molecule is Cc1cccc(C(=O)OCC(=O)Nc2ccc3c(c2)OC2(CCCC2)O3)c1O. The van der Waals surface area contributed by atoms with Crippen LogP contribution in [0.15, 0.2) is 36.4 Å². The van der Waals surface area contributed by atoms with Gasteiger partial charge in [-0.3, -0.25) is 4.79 Å². The van der Waals surface area contributed by atoms with Gasteiger partial charge in [-0.1, -0.05) is 12.1 Å². The van der Waals surface area contributed by atoms with Crippen molar-refractivity contribution >= 4 is 17.6 Å². The fourth-order valence-corrected chi connectivity index (χ4v) is 3.52. The van der Waals surface area contributed by atoms with Gasteiger partial charge in [-0.2, -0.15) is 0 Å². The van der Waals surface area contributed by atoms with Crippen LogP contribution < -0.4 is 14.8 Å². The largest absolute Gasteiger partial charge is 0.507 e. The van der Waals surface area contributed by atoms with Crippen LogP contribution in [0.4, 0.5) is 5.69 Å². The number of para-hydroxylation sites is 1. The predicted molar refractivity (Wildman–Crippen MR) is 101 cm³/mol. The molecule has 1 aliphatic heterocycles. The fraction of sp³-hybridized carbons (Fsp3) is 0.333. The lowest BCUT2D eigenvalue weighted by molar-refractivity contribution is -0.119. The van der Waals surface area contributed by atoms with E-state index in [0.29, 0.717) is 22.7 Å². The van der Waals surface area contributed by atoms with E-state index < -0.39 is 24.3 Å². The second-order valence-corrected chi connectivity index (χ2v) is 7.08. The number of ether oxygens (including phenoxy) is 3. The molecule has 7 nitrogen and oxygen atoms in total. The molecule has 2 N–H and O–H groups in total. The minimum atomic E-state index is -0.759. The average molecular weight is 383 g/mol. The van der Waals surface area contributed by atoms with Crippen LogP contribution in [0.3, 0.4) is 0 Å². The number of aromatic hydroxyl groups is 1. The summed E-state index contributed by atoms with van der Waals surface area (Å²) in [5.74, 6) is -0.691. The van der Waals surface area contributed by atoms with Gasteiger partial charge in [0.15, 0.2) is 18.1 Å². The Morgan fingerprint density at radius 1 is 1.14 bits per heavy atom. The third kappa shape index (κ3) is 3.47. The van der Waals surface area contributed by atoms with Crippen molar-refractivity contribution in [3.05, 3.63) is 47.5 Å². The van der Waals surface area contributed by atoms with Crippen molar-refractivity contribution in [1.29, 1.82) is 0 Å². The normalized spacial score (nSPS) is 16.2. The zero-order chi connectivity index (χ0) is 19.7. The number of anilines is 1. The molecule has 1 aliphatic carbocycles. The Labute approximate surface area is 162 Å². The Balaban J connectivity index is 1.35. The molecule has 1 spiro atoms. The summed E-state index contributed by atoms with van der Waals surface area (Å²) < 4.78 is 16.9. The van der Waals surface area contributed by atoms with Gasteiger partial charge in [-0.15, -0.1) is 0 Å². The molecule has 1 saturated carbocycles. The van der Waals surface area contributed by atoms with Crippen molar-refractivity contribution in [2.45, 2.75) is 38.4 Å². The molecule has 0 aromatic heterocycles. The van der Waals surface area contributed by atoms with E-state index in [2.05, 4.69) is 5.32 Å². The van der Waals surface area contributed by atoms with E-state index in [1.165, 1.54) is 6.07 Å². The first-order valence-corrected chi connectivity index (χ1v) is 9.23. The molecule has 2 aliphatic rings. The molecule has 0 radical (unpaired) electrons. The topological polar surface area (TPSA) is 94.1 Å². The van der Waals surface area contributed by atoms with Crippen LogP contribution in [0.25, 0.3) is 0 Å². The number of benzene rings is 2. The lowest BCUT2D eigenvalue weighted by atomic mass is 10.1. The number of aryl methyl sites for hydroxylation is 1.